The third kappa shape index (κ3) is 2.93. The van der Waals surface area contributed by atoms with E-state index in [4.69, 9.17) is 4.42 Å². The SMILES string of the molecule is CCc1ccc(C(=O)N(C)C2CCCNCC2)o1. The Balaban J connectivity index is 2.02. The van der Waals surface area contributed by atoms with E-state index in [1.807, 2.05) is 24.9 Å². The molecule has 1 atom stereocenters. The van der Waals surface area contributed by atoms with E-state index in [1.54, 1.807) is 6.07 Å². The monoisotopic (exact) mass is 250 g/mol. The van der Waals surface area contributed by atoms with Crippen LogP contribution >= 0.6 is 0 Å². The van der Waals surface area contributed by atoms with Crippen LogP contribution in [0.15, 0.2) is 16.5 Å². The predicted octanol–water partition coefficient (Wildman–Crippen LogP) is 2.06. The predicted molar refractivity (Wildman–Crippen MR) is 70.7 cm³/mol. The minimum Gasteiger partial charge on any atom is -0.456 e. The Kier molecular flexibility index (Phi) is 4.42. The Hall–Kier alpha value is -1.29. The lowest BCUT2D eigenvalue weighted by atomic mass is 10.1. The molecule has 1 aromatic heterocycles. The number of carbonyl (C=O) groups is 1. The molecule has 1 amide bonds. The number of nitrogens with one attached hydrogen (secondary N) is 1. The summed E-state index contributed by atoms with van der Waals surface area (Å²) in [5, 5.41) is 3.36. The summed E-state index contributed by atoms with van der Waals surface area (Å²) in [5.41, 5.74) is 0. The number of hydrogen-bond acceptors (Lipinski definition) is 3. The molecule has 1 saturated heterocycles. The number of nitrogens with zero attached hydrogens (tertiary/aromatic N) is 1. The molecule has 0 aliphatic carbocycles. The molecule has 4 heteroatoms. The number of carbonyl (C=O) groups excluding carboxylic acids is 1. The Morgan fingerprint density at radius 2 is 2.28 bits per heavy atom. The zero-order chi connectivity index (χ0) is 13.0. The van der Waals surface area contributed by atoms with E-state index in [1.165, 1.54) is 0 Å². The van der Waals surface area contributed by atoms with Gasteiger partial charge in [0.25, 0.3) is 5.91 Å². The average molecular weight is 250 g/mol. The summed E-state index contributed by atoms with van der Waals surface area (Å²) in [5.74, 6) is 1.34. The first-order chi connectivity index (χ1) is 8.72. The lowest BCUT2D eigenvalue weighted by molar-refractivity contribution is 0.0686. The third-order valence-electron chi connectivity index (χ3n) is 3.63. The molecule has 100 valence electrons. The summed E-state index contributed by atoms with van der Waals surface area (Å²) in [6.45, 7) is 4.06. The molecule has 1 aliphatic heterocycles. The standard InChI is InChI=1S/C14H22N2O2/c1-3-12-6-7-13(18-12)14(17)16(2)11-5-4-9-15-10-8-11/h6-7,11,15H,3-5,8-10H2,1-2H3. The van der Waals surface area contributed by atoms with Gasteiger partial charge in [-0.2, -0.15) is 0 Å². The maximum atomic E-state index is 12.3. The number of amides is 1. The van der Waals surface area contributed by atoms with E-state index < -0.39 is 0 Å². The van der Waals surface area contributed by atoms with Crippen molar-refractivity contribution in [3.8, 4) is 0 Å². The third-order valence-corrected chi connectivity index (χ3v) is 3.63. The van der Waals surface area contributed by atoms with Gasteiger partial charge in [-0.05, 0) is 44.5 Å². The van der Waals surface area contributed by atoms with Crippen LogP contribution in [0.2, 0.25) is 0 Å². The molecule has 1 unspecified atom stereocenters. The van der Waals surface area contributed by atoms with Gasteiger partial charge in [0.1, 0.15) is 5.76 Å². The molecule has 1 aliphatic rings. The minimum atomic E-state index is 0.00148. The van der Waals surface area contributed by atoms with Crippen molar-refractivity contribution in [2.24, 2.45) is 0 Å². The van der Waals surface area contributed by atoms with Crippen molar-refractivity contribution in [2.45, 2.75) is 38.6 Å². The van der Waals surface area contributed by atoms with E-state index in [0.29, 0.717) is 11.8 Å². The van der Waals surface area contributed by atoms with Crippen molar-refractivity contribution in [1.29, 1.82) is 0 Å². The number of rotatable bonds is 3. The van der Waals surface area contributed by atoms with Crippen molar-refractivity contribution in [1.82, 2.24) is 10.2 Å². The first kappa shape index (κ1) is 13.1. The second kappa shape index (κ2) is 6.05. The number of furan rings is 1. The first-order valence-corrected chi connectivity index (χ1v) is 6.79. The Bertz CT molecular complexity index is 392. The van der Waals surface area contributed by atoms with Crippen LogP contribution in [0.5, 0.6) is 0 Å². The molecule has 18 heavy (non-hydrogen) atoms. The van der Waals surface area contributed by atoms with E-state index in [0.717, 1.165) is 44.5 Å². The smallest absolute Gasteiger partial charge is 0.289 e. The van der Waals surface area contributed by atoms with E-state index in [-0.39, 0.29) is 5.91 Å². The molecule has 2 heterocycles. The molecule has 0 spiro atoms. The van der Waals surface area contributed by atoms with Crippen LogP contribution in [-0.2, 0) is 6.42 Å². The van der Waals surface area contributed by atoms with Crippen molar-refractivity contribution in [2.75, 3.05) is 20.1 Å². The lowest BCUT2D eigenvalue weighted by Crippen LogP contribution is -2.37. The largest absolute Gasteiger partial charge is 0.456 e. The van der Waals surface area contributed by atoms with Crippen LogP contribution in [-0.4, -0.2) is 37.0 Å². The van der Waals surface area contributed by atoms with Gasteiger partial charge >= 0.3 is 0 Å². The van der Waals surface area contributed by atoms with Gasteiger partial charge in [-0.25, -0.2) is 0 Å². The first-order valence-electron chi connectivity index (χ1n) is 6.79. The summed E-state index contributed by atoms with van der Waals surface area (Å²) in [6.07, 6.45) is 4.03. The Morgan fingerprint density at radius 3 is 3.00 bits per heavy atom. The topological polar surface area (TPSA) is 45.5 Å². The van der Waals surface area contributed by atoms with Gasteiger partial charge in [0, 0.05) is 19.5 Å². The Labute approximate surface area is 108 Å². The van der Waals surface area contributed by atoms with Crippen LogP contribution in [0.4, 0.5) is 0 Å². The number of hydrogen-bond donors (Lipinski definition) is 1. The van der Waals surface area contributed by atoms with Crippen LogP contribution < -0.4 is 5.32 Å². The van der Waals surface area contributed by atoms with Crippen LogP contribution in [0.3, 0.4) is 0 Å². The summed E-state index contributed by atoms with van der Waals surface area (Å²) in [7, 11) is 1.88. The highest BCUT2D eigenvalue weighted by Gasteiger charge is 2.23. The molecular weight excluding hydrogens is 228 g/mol. The van der Waals surface area contributed by atoms with E-state index >= 15 is 0 Å². The molecular formula is C14H22N2O2. The van der Waals surface area contributed by atoms with E-state index in [9.17, 15) is 4.79 Å². The van der Waals surface area contributed by atoms with Gasteiger partial charge < -0.3 is 14.6 Å². The molecule has 1 N–H and O–H groups in total. The summed E-state index contributed by atoms with van der Waals surface area (Å²) >= 11 is 0. The van der Waals surface area contributed by atoms with Gasteiger partial charge in [-0.3, -0.25) is 4.79 Å². The summed E-state index contributed by atoms with van der Waals surface area (Å²) in [6, 6.07) is 3.99. The van der Waals surface area contributed by atoms with Crippen molar-refractivity contribution in [3.63, 3.8) is 0 Å². The zero-order valence-corrected chi connectivity index (χ0v) is 11.2. The Morgan fingerprint density at radius 1 is 1.44 bits per heavy atom. The van der Waals surface area contributed by atoms with Crippen LogP contribution in [0, 0.1) is 0 Å². The molecule has 0 radical (unpaired) electrons. The highest BCUT2D eigenvalue weighted by Crippen LogP contribution is 2.16. The lowest BCUT2D eigenvalue weighted by Gasteiger charge is -2.26. The van der Waals surface area contributed by atoms with Gasteiger partial charge in [0.15, 0.2) is 5.76 Å². The second-order valence-corrected chi connectivity index (χ2v) is 4.87. The van der Waals surface area contributed by atoms with Crippen LogP contribution in [0.1, 0.15) is 42.5 Å². The van der Waals surface area contributed by atoms with Crippen molar-refractivity contribution in [3.05, 3.63) is 23.7 Å². The van der Waals surface area contributed by atoms with Crippen molar-refractivity contribution >= 4 is 5.91 Å². The molecule has 1 aromatic rings. The molecule has 0 aromatic carbocycles. The van der Waals surface area contributed by atoms with Gasteiger partial charge in [-0.15, -0.1) is 0 Å². The maximum absolute atomic E-state index is 12.3. The number of aryl methyl sites for hydroxylation is 1. The average Bonchev–Trinajstić information content (AvgIpc) is 2.71. The molecule has 2 rings (SSSR count). The molecule has 1 fully saturated rings. The highest BCUT2D eigenvalue weighted by molar-refractivity contribution is 5.91. The van der Waals surface area contributed by atoms with E-state index in [2.05, 4.69) is 5.32 Å². The minimum absolute atomic E-state index is 0.00148. The fourth-order valence-corrected chi connectivity index (χ4v) is 2.41. The quantitative estimate of drug-likeness (QED) is 0.893. The maximum Gasteiger partial charge on any atom is 0.289 e. The van der Waals surface area contributed by atoms with Gasteiger partial charge in [-0.1, -0.05) is 6.92 Å². The summed E-state index contributed by atoms with van der Waals surface area (Å²) in [4.78, 5) is 14.1. The summed E-state index contributed by atoms with van der Waals surface area (Å²) < 4.78 is 5.53. The second-order valence-electron chi connectivity index (χ2n) is 4.87. The van der Waals surface area contributed by atoms with Crippen molar-refractivity contribution < 1.29 is 9.21 Å². The van der Waals surface area contributed by atoms with Crippen LogP contribution in [0.25, 0.3) is 0 Å². The molecule has 4 nitrogen and oxygen atoms in total. The van der Waals surface area contributed by atoms with Gasteiger partial charge in [0.2, 0.25) is 0 Å². The zero-order valence-electron chi connectivity index (χ0n) is 11.2. The highest BCUT2D eigenvalue weighted by atomic mass is 16.4. The normalized spacial score (nSPS) is 20.4. The molecule has 0 bridgehead atoms. The molecule has 0 saturated carbocycles. The van der Waals surface area contributed by atoms with Gasteiger partial charge in [0.05, 0.1) is 0 Å². The fourth-order valence-electron chi connectivity index (χ4n) is 2.41. The fraction of sp³-hybridized carbons (Fsp3) is 0.643.